The summed E-state index contributed by atoms with van der Waals surface area (Å²) in [5.41, 5.74) is -1.89. The molecule has 2 heterocycles. The summed E-state index contributed by atoms with van der Waals surface area (Å²) in [7, 11) is -4.36. The van der Waals surface area contributed by atoms with Crippen molar-refractivity contribution < 1.29 is 35.2 Å². The summed E-state index contributed by atoms with van der Waals surface area (Å²) >= 11 is 5.47. The van der Waals surface area contributed by atoms with Crippen molar-refractivity contribution in [2.24, 2.45) is 0 Å². The van der Waals surface area contributed by atoms with Crippen LogP contribution in [0.5, 0.6) is 0 Å². The Morgan fingerprint density at radius 3 is 2.42 bits per heavy atom. The summed E-state index contributed by atoms with van der Waals surface area (Å²) in [5.74, 6) is -1.27. The van der Waals surface area contributed by atoms with E-state index in [1.54, 1.807) is 0 Å². The van der Waals surface area contributed by atoms with Gasteiger partial charge in [0.05, 0.1) is 5.75 Å². The van der Waals surface area contributed by atoms with Crippen LogP contribution < -0.4 is 5.48 Å². The number of hydroxylamine groups is 1. The summed E-state index contributed by atoms with van der Waals surface area (Å²) < 4.78 is 88.5. The van der Waals surface area contributed by atoms with Gasteiger partial charge in [-0.25, -0.2) is 8.42 Å². The van der Waals surface area contributed by atoms with Crippen LogP contribution in [0.3, 0.4) is 0 Å². The minimum Gasteiger partial charge on any atom is -0.265 e. The lowest BCUT2D eigenvalue weighted by atomic mass is 10.1. The Balaban J connectivity index is 2.51. The van der Waals surface area contributed by atoms with E-state index in [4.69, 9.17) is 16.4 Å². The third-order valence-electron chi connectivity index (χ3n) is 2.98. The first kappa shape index (κ1) is 18.9. The molecule has 6 nitrogen and oxygen atoms in total. The van der Waals surface area contributed by atoms with Gasteiger partial charge in [0.15, 0.2) is 25.7 Å². The van der Waals surface area contributed by atoms with Gasteiger partial charge in [0.25, 0.3) is 0 Å². The van der Waals surface area contributed by atoms with Crippen molar-refractivity contribution in [3.05, 3.63) is 27.5 Å². The first-order valence-electron chi connectivity index (χ1n) is 6.26. The van der Waals surface area contributed by atoms with Crippen molar-refractivity contribution in [2.45, 2.75) is 37.9 Å². The number of alkyl halides is 5. The molecule has 0 saturated heterocycles. The summed E-state index contributed by atoms with van der Waals surface area (Å²) in [4.78, 5) is 4.93. The number of hydrogen-bond donors (Lipinski definition) is 1. The minimum absolute atomic E-state index is 0.485. The molecule has 0 saturated carbocycles. The van der Waals surface area contributed by atoms with Gasteiger partial charge in [-0.15, -0.1) is 0 Å². The predicted molar refractivity (Wildman–Crippen MR) is 72.5 cm³/mol. The third kappa shape index (κ3) is 3.64. The number of nitrogens with zero attached hydrogens (tertiary/aromatic N) is 2. The van der Waals surface area contributed by atoms with Crippen LogP contribution in [0.25, 0.3) is 0 Å². The van der Waals surface area contributed by atoms with E-state index in [2.05, 4.69) is 10.6 Å². The zero-order valence-corrected chi connectivity index (χ0v) is 13.7. The molecular formula is C11H11ClF5N3O3S. The topological polar surface area (TPSA) is 73.2 Å². The summed E-state index contributed by atoms with van der Waals surface area (Å²) in [6.45, 7) is -0.626. The van der Waals surface area contributed by atoms with Gasteiger partial charge in [-0.2, -0.15) is 31.7 Å². The summed E-state index contributed by atoms with van der Waals surface area (Å²) in [6, 6.07) is 0. The number of hydrogen-bond acceptors (Lipinski definition) is 5. The molecule has 2 rings (SSSR count). The van der Waals surface area contributed by atoms with Crippen molar-refractivity contribution in [1.29, 1.82) is 0 Å². The maximum absolute atomic E-state index is 13.1. The van der Waals surface area contributed by atoms with Crippen LogP contribution in [0.15, 0.2) is 11.1 Å². The molecular weight excluding hydrogens is 385 g/mol. The molecule has 0 aromatic carbocycles. The van der Waals surface area contributed by atoms with Gasteiger partial charge in [-0.1, -0.05) is 11.6 Å². The SMILES string of the molecule is CC1(C)C=C(S(=O)(=O)Cc2c(Cl)nn(C(F)F)c2C(F)(F)F)NO1. The molecule has 136 valence electrons. The molecule has 0 spiro atoms. The van der Waals surface area contributed by atoms with Crippen LogP contribution in [0.2, 0.25) is 5.15 Å². The highest BCUT2D eigenvalue weighted by Gasteiger charge is 2.43. The van der Waals surface area contributed by atoms with Crippen molar-refractivity contribution in [2.75, 3.05) is 0 Å². The lowest BCUT2D eigenvalue weighted by Gasteiger charge is -2.12. The molecule has 1 N–H and O–H groups in total. The maximum atomic E-state index is 13.1. The monoisotopic (exact) mass is 395 g/mol. The highest BCUT2D eigenvalue weighted by molar-refractivity contribution is 7.94. The predicted octanol–water partition coefficient (Wildman–Crippen LogP) is 3.02. The number of aromatic nitrogens is 2. The van der Waals surface area contributed by atoms with Crippen LogP contribution in [-0.4, -0.2) is 23.8 Å². The van der Waals surface area contributed by atoms with Gasteiger partial charge in [0, 0.05) is 5.56 Å². The summed E-state index contributed by atoms with van der Waals surface area (Å²) in [5, 5.41) is 1.44. The molecule has 0 atom stereocenters. The van der Waals surface area contributed by atoms with Crippen molar-refractivity contribution in [3.8, 4) is 0 Å². The fraction of sp³-hybridized carbons (Fsp3) is 0.545. The van der Waals surface area contributed by atoms with Gasteiger partial charge in [-0.05, 0) is 19.9 Å². The van der Waals surface area contributed by atoms with Crippen molar-refractivity contribution in [1.82, 2.24) is 15.3 Å². The molecule has 1 aromatic heterocycles. The molecule has 1 aliphatic heterocycles. The standard InChI is InChI=1S/C11H11ClF5N3O3S/c1-10(2)3-6(19-23-10)24(21,22)4-5-7(11(15,16)17)20(9(13)14)18-8(5)12/h3,9,19H,4H2,1-2H3. The third-order valence-corrected chi connectivity index (χ3v) is 4.82. The van der Waals surface area contributed by atoms with Gasteiger partial charge in [0.1, 0.15) is 5.60 Å². The van der Waals surface area contributed by atoms with E-state index < -0.39 is 60.0 Å². The average Bonchev–Trinajstić information content (AvgIpc) is 2.90. The van der Waals surface area contributed by atoms with Crippen LogP contribution in [-0.2, 0) is 26.6 Å². The normalized spacial score (nSPS) is 18.0. The first-order valence-corrected chi connectivity index (χ1v) is 8.29. The van der Waals surface area contributed by atoms with Gasteiger partial charge in [0.2, 0.25) is 0 Å². The molecule has 0 unspecified atom stereocenters. The lowest BCUT2D eigenvalue weighted by molar-refractivity contribution is -0.150. The summed E-state index contributed by atoms with van der Waals surface area (Å²) in [6.07, 6.45) is -4.13. The quantitative estimate of drug-likeness (QED) is 0.793. The average molecular weight is 396 g/mol. The minimum atomic E-state index is -5.27. The second-order valence-electron chi connectivity index (χ2n) is 5.41. The smallest absolute Gasteiger partial charge is 0.265 e. The van der Waals surface area contributed by atoms with E-state index >= 15 is 0 Å². The Hall–Kier alpha value is -1.40. The van der Waals surface area contributed by atoms with Crippen LogP contribution in [0, 0.1) is 0 Å². The Morgan fingerprint density at radius 2 is 2.00 bits per heavy atom. The van der Waals surface area contributed by atoms with E-state index in [-0.39, 0.29) is 0 Å². The Kier molecular flexibility index (Phi) is 4.61. The molecule has 13 heteroatoms. The first-order chi connectivity index (χ1) is 10.7. The Labute approximate surface area is 138 Å². The number of halogens is 6. The molecule has 0 aliphatic carbocycles. The van der Waals surface area contributed by atoms with E-state index in [9.17, 15) is 30.4 Å². The van der Waals surface area contributed by atoms with Crippen molar-refractivity contribution >= 4 is 21.4 Å². The van der Waals surface area contributed by atoms with Crippen molar-refractivity contribution in [3.63, 3.8) is 0 Å². The molecule has 0 radical (unpaired) electrons. The molecule has 24 heavy (non-hydrogen) atoms. The highest BCUT2D eigenvalue weighted by atomic mass is 35.5. The molecule has 1 aliphatic rings. The molecule has 0 bridgehead atoms. The molecule has 0 amide bonds. The second-order valence-corrected chi connectivity index (χ2v) is 7.73. The maximum Gasteiger partial charge on any atom is 0.433 e. The largest absolute Gasteiger partial charge is 0.433 e. The molecule has 1 aromatic rings. The zero-order chi connectivity index (χ0) is 18.5. The van der Waals surface area contributed by atoms with Gasteiger partial charge in [-0.3, -0.25) is 10.3 Å². The van der Waals surface area contributed by atoms with Crippen LogP contribution >= 0.6 is 11.6 Å². The van der Waals surface area contributed by atoms with E-state index in [0.29, 0.717) is 0 Å². The number of sulfone groups is 1. The van der Waals surface area contributed by atoms with Crippen LogP contribution in [0.4, 0.5) is 22.0 Å². The van der Waals surface area contributed by atoms with Gasteiger partial charge >= 0.3 is 12.7 Å². The van der Waals surface area contributed by atoms with E-state index in [1.807, 2.05) is 0 Å². The lowest BCUT2D eigenvalue weighted by Crippen LogP contribution is -2.23. The number of nitrogens with one attached hydrogen (secondary N) is 1. The zero-order valence-electron chi connectivity index (χ0n) is 12.2. The second kappa shape index (κ2) is 5.85. The fourth-order valence-corrected chi connectivity index (χ4v) is 3.75. The Morgan fingerprint density at radius 1 is 1.42 bits per heavy atom. The fourth-order valence-electron chi connectivity index (χ4n) is 1.99. The Bertz CT molecular complexity index is 786. The van der Waals surface area contributed by atoms with Crippen LogP contribution in [0.1, 0.15) is 31.7 Å². The molecule has 0 fully saturated rings. The van der Waals surface area contributed by atoms with Gasteiger partial charge < -0.3 is 0 Å². The van der Waals surface area contributed by atoms with E-state index in [0.717, 1.165) is 6.08 Å². The van der Waals surface area contributed by atoms with E-state index in [1.165, 1.54) is 13.8 Å². The number of rotatable bonds is 4. The highest BCUT2D eigenvalue weighted by Crippen LogP contribution is 2.39.